The van der Waals surface area contributed by atoms with Crippen LogP contribution in [0.25, 0.3) is 0 Å². The van der Waals surface area contributed by atoms with Crippen LogP contribution in [0.4, 0.5) is 4.39 Å². The van der Waals surface area contributed by atoms with Gasteiger partial charge in [-0.15, -0.1) is 0 Å². The molecule has 2 rings (SSSR count). The molecule has 1 aliphatic heterocycles. The van der Waals surface area contributed by atoms with Crippen molar-refractivity contribution in [2.45, 2.75) is 38.8 Å². The second-order valence-corrected chi connectivity index (χ2v) is 5.12. The number of rotatable bonds is 5. The van der Waals surface area contributed by atoms with E-state index in [2.05, 4.69) is 24.1 Å². The van der Waals surface area contributed by atoms with Crippen molar-refractivity contribution in [1.82, 2.24) is 10.2 Å². The highest BCUT2D eigenvalue weighted by molar-refractivity contribution is 5.21. The number of halogens is 1. The number of nitrogens with zero attached hydrogens (tertiary/aromatic N) is 1. The summed E-state index contributed by atoms with van der Waals surface area (Å²) in [6.07, 6.45) is 2.52. The Balaban J connectivity index is 2.10. The minimum atomic E-state index is -0.102. The maximum Gasteiger partial charge on any atom is 0.128 e. The topological polar surface area (TPSA) is 15.3 Å². The van der Waals surface area contributed by atoms with E-state index in [0.717, 1.165) is 25.2 Å². The first-order valence-corrected chi connectivity index (χ1v) is 6.94. The van der Waals surface area contributed by atoms with Crippen molar-refractivity contribution < 1.29 is 4.39 Å². The molecule has 2 nitrogen and oxygen atoms in total. The SMILES string of the molecule is CCNC(CN1CCCC1C)c1ccccc1F. The van der Waals surface area contributed by atoms with Gasteiger partial charge in [0.05, 0.1) is 0 Å². The Labute approximate surface area is 109 Å². The summed E-state index contributed by atoms with van der Waals surface area (Å²) in [5.74, 6) is -0.102. The highest BCUT2D eigenvalue weighted by atomic mass is 19.1. The van der Waals surface area contributed by atoms with E-state index in [-0.39, 0.29) is 11.9 Å². The summed E-state index contributed by atoms with van der Waals surface area (Å²) >= 11 is 0. The van der Waals surface area contributed by atoms with Gasteiger partial charge in [-0.25, -0.2) is 4.39 Å². The van der Waals surface area contributed by atoms with Gasteiger partial charge in [0.2, 0.25) is 0 Å². The molecule has 2 atom stereocenters. The Bertz CT molecular complexity index is 381. The van der Waals surface area contributed by atoms with Crippen LogP contribution in [0.1, 0.15) is 38.3 Å². The molecule has 3 heteroatoms. The van der Waals surface area contributed by atoms with E-state index < -0.39 is 0 Å². The zero-order chi connectivity index (χ0) is 13.0. The molecule has 1 fully saturated rings. The summed E-state index contributed by atoms with van der Waals surface area (Å²) in [4.78, 5) is 2.46. The summed E-state index contributed by atoms with van der Waals surface area (Å²) in [6, 6.07) is 7.82. The first-order valence-electron chi connectivity index (χ1n) is 6.94. The van der Waals surface area contributed by atoms with Crippen LogP contribution in [0.5, 0.6) is 0 Å². The summed E-state index contributed by atoms with van der Waals surface area (Å²) in [6.45, 7) is 7.23. The van der Waals surface area contributed by atoms with Crippen LogP contribution in [0.2, 0.25) is 0 Å². The molecule has 1 saturated heterocycles. The average Bonchev–Trinajstić information content (AvgIpc) is 2.75. The normalized spacial score (nSPS) is 22.3. The first kappa shape index (κ1) is 13.5. The molecule has 0 saturated carbocycles. The van der Waals surface area contributed by atoms with Gasteiger partial charge in [0, 0.05) is 24.2 Å². The molecule has 1 N–H and O–H groups in total. The predicted molar refractivity (Wildman–Crippen MR) is 73.1 cm³/mol. The predicted octanol–water partition coefficient (Wildman–Crippen LogP) is 2.96. The van der Waals surface area contributed by atoms with Crippen LogP contribution in [0.3, 0.4) is 0 Å². The smallest absolute Gasteiger partial charge is 0.128 e. The van der Waals surface area contributed by atoms with Crippen molar-refractivity contribution >= 4 is 0 Å². The van der Waals surface area contributed by atoms with E-state index in [1.165, 1.54) is 12.8 Å². The van der Waals surface area contributed by atoms with E-state index in [1.54, 1.807) is 12.1 Å². The molecule has 0 spiro atoms. The molecule has 100 valence electrons. The molecule has 0 aromatic heterocycles. The highest BCUT2D eigenvalue weighted by Crippen LogP contribution is 2.23. The molecule has 2 unspecified atom stereocenters. The molecule has 18 heavy (non-hydrogen) atoms. The minimum Gasteiger partial charge on any atom is -0.309 e. The molecule has 1 heterocycles. The third-order valence-electron chi connectivity index (χ3n) is 3.84. The molecule has 0 radical (unpaired) electrons. The van der Waals surface area contributed by atoms with E-state index in [1.807, 2.05) is 12.1 Å². The summed E-state index contributed by atoms with van der Waals surface area (Å²) in [7, 11) is 0. The van der Waals surface area contributed by atoms with Crippen molar-refractivity contribution in [3.8, 4) is 0 Å². The second kappa shape index (κ2) is 6.30. The Kier molecular flexibility index (Phi) is 4.72. The molecule has 1 aromatic rings. The van der Waals surface area contributed by atoms with Gasteiger partial charge in [-0.3, -0.25) is 4.90 Å². The fourth-order valence-electron chi connectivity index (χ4n) is 2.78. The van der Waals surface area contributed by atoms with Gasteiger partial charge in [-0.1, -0.05) is 25.1 Å². The van der Waals surface area contributed by atoms with Crippen LogP contribution in [-0.2, 0) is 0 Å². The lowest BCUT2D eigenvalue weighted by Crippen LogP contribution is -2.37. The third kappa shape index (κ3) is 3.09. The number of hydrogen-bond acceptors (Lipinski definition) is 2. The van der Waals surface area contributed by atoms with Gasteiger partial charge >= 0.3 is 0 Å². The van der Waals surface area contributed by atoms with Gasteiger partial charge < -0.3 is 5.32 Å². The summed E-state index contributed by atoms with van der Waals surface area (Å²) < 4.78 is 13.9. The molecule has 1 aromatic carbocycles. The molecule has 0 bridgehead atoms. The van der Waals surface area contributed by atoms with Crippen molar-refractivity contribution in [2.24, 2.45) is 0 Å². The third-order valence-corrected chi connectivity index (χ3v) is 3.84. The second-order valence-electron chi connectivity index (χ2n) is 5.12. The van der Waals surface area contributed by atoms with Gasteiger partial charge in [0.25, 0.3) is 0 Å². The van der Waals surface area contributed by atoms with E-state index in [0.29, 0.717) is 6.04 Å². The number of likely N-dealkylation sites (tertiary alicyclic amines) is 1. The van der Waals surface area contributed by atoms with Crippen LogP contribution in [0.15, 0.2) is 24.3 Å². The van der Waals surface area contributed by atoms with Gasteiger partial charge in [0.1, 0.15) is 5.82 Å². The Morgan fingerprint density at radius 2 is 2.22 bits per heavy atom. The standard InChI is InChI=1S/C15H23FN2/c1-3-17-15(11-18-10-6-7-12(18)2)13-8-4-5-9-14(13)16/h4-5,8-9,12,15,17H,3,6-7,10-11H2,1-2H3. The lowest BCUT2D eigenvalue weighted by atomic mass is 10.1. The molecule has 1 aliphatic rings. The molecule has 0 amide bonds. The lowest BCUT2D eigenvalue weighted by Gasteiger charge is -2.28. The lowest BCUT2D eigenvalue weighted by molar-refractivity contribution is 0.236. The van der Waals surface area contributed by atoms with E-state index in [4.69, 9.17) is 0 Å². The van der Waals surface area contributed by atoms with E-state index in [9.17, 15) is 4.39 Å². The van der Waals surface area contributed by atoms with Crippen molar-refractivity contribution in [2.75, 3.05) is 19.6 Å². The maximum absolute atomic E-state index is 13.9. The Hall–Kier alpha value is -0.930. The highest BCUT2D eigenvalue weighted by Gasteiger charge is 2.24. The van der Waals surface area contributed by atoms with E-state index >= 15 is 0 Å². The number of nitrogens with one attached hydrogen (secondary N) is 1. The zero-order valence-corrected chi connectivity index (χ0v) is 11.3. The van der Waals surface area contributed by atoms with Gasteiger partial charge in [0.15, 0.2) is 0 Å². The van der Waals surface area contributed by atoms with Gasteiger partial charge in [-0.05, 0) is 38.9 Å². The first-order chi connectivity index (χ1) is 8.72. The Morgan fingerprint density at radius 3 is 2.83 bits per heavy atom. The number of benzene rings is 1. The fraction of sp³-hybridized carbons (Fsp3) is 0.600. The monoisotopic (exact) mass is 250 g/mol. The molecule has 0 aliphatic carbocycles. The molecular formula is C15H23FN2. The Morgan fingerprint density at radius 1 is 1.44 bits per heavy atom. The maximum atomic E-state index is 13.9. The largest absolute Gasteiger partial charge is 0.309 e. The summed E-state index contributed by atoms with van der Waals surface area (Å²) in [5.41, 5.74) is 0.790. The average molecular weight is 250 g/mol. The van der Waals surface area contributed by atoms with Gasteiger partial charge in [-0.2, -0.15) is 0 Å². The number of likely N-dealkylation sites (N-methyl/N-ethyl adjacent to an activating group) is 1. The van der Waals surface area contributed by atoms with Crippen molar-refractivity contribution in [3.63, 3.8) is 0 Å². The summed E-state index contributed by atoms with van der Waals surface area (Å²) in [5, 5.41) is 3.41. The van der Waals surface area contributed by atoms with Crippen molar-refractivity contribution in [1.29, 1.82) is 0 Å². The van der Waals surface area contributed by atoms with Crippen LogP contribution >= 0.6 is 0 Å². The zero-order valence-electron chi connectivity index (χ0n) is 11.3. The number of hydrogen-bond donors (Lipinski definition) is 1. The quantitative estimate of drug-likeness (QED) is 0.864. The van der Waals surface area contributed by atoms with Crippen molar-refractivity contribution in [3.05, 3.63) is 35.6 Å². The van der Waals surface area contributed by atoms with Crippen LogP contribution < -0.4 is 5.32 Å². The molecular weight excluding hydrogens is 227 g/mol. The minimum absolute atomic E-state index is 0.0942. The van der Waals surface area contributed by atoms with Crippen LogP contribution in [0, 0.1) is 5.82 Å². The van der Waals surface area contributed by atoms with Crippen LogP contribution in [-0.4, -0.2) is 30.6 Å². The fourth-order valence-corrected chi connectivity index (χ4v) is 2.78.